The van der Waals surface area contributed by atoms with Gasteiger partial charge in [0.2, 0.25) is 5.91 Å². The van der Waals surface area contributed by atoms with Crippen molar-refractivity contribution in [3.63, 3.8) is 0 Å². The molecule has 0 radical (unpaired) electrons. The molecular weight excluding hydrogens is 418 g/mol. The maximum absolute atomic E-state index is 12.3. The summed E-state index contributed by atoms with van der Waals surface area (Å²) >= 11 is 0. The third-order valence-corrected chi connectivity index (χ3v) is 5.28. The average molecular weight is 446 g/mol. The number of rotatable bonds is 11. The number of aromatic nitrogens is 4. The van der Waals surface area contributed by atoms with Crippen LogP contribution in [0.15, 0.2) is 71.6 Å². The Hall–Kier alpha value is -3.94. The highest BCUT2D eigenvalue weighted by Gasteiger charge is 2.11. The summed E-state index contributed by atoms with van der Waals surface area (Å²) < 4.78 is 13.2. The highest BCUT2D eigenvalue weighted by molar-refractivity contribution is 5.90. The molecule has 4 aromatic rings. The molecule has 0 spiro atoms. The summed E-state index contributed by atoms with van der Waals surface area (Å²) in [6.07, 6.45) is 6.12. The zero-order valence-electron chi connectivity index (χ0n) is 18.6. The van der Waals surface area contributed by atoms with E-state index in [0.29, 0.717) is 26.0 Å². The van der Waals surface area contributed by atoms with Gasteiger partial charge in [0.15, 0.2) is 5.76 Å². The number of ether oxygens (including phenoxy) is 1. The number of aryl methyl sites for hydroxylation is 2. The van der Waals surface area contributed by atoms with Crippen LogP contribution in [0.25, 0.3) is 11.3 Å². The first-order chi connectivity index (χ1) is 16.2. The Bertz CT molecular complexity index is 1150. The zero-order valence-corrected chi connectivity index (χ0v) is 18.6. The van der Waals surface area contributed by atoms with Gasteiger partial charge in [-0.2, -0.15) is 0 Å². The van der Waals surface area contributed by atoms with Crippen molar-refractivity contribution in [1.29, 1.82) is 0 Å². The summed E-state index contributed by atoms with van der Waals surface area (Å²) in [6.45, 7) is 3.25. The van der Waals surface area contributed by atoms with E-state index in [2.05, 4.69) is 20.7 Å². The van der Waals surface area contributed by atoms with Crippen molar-refractivity contribution < 1.29 is 14.1 Å². The molecule has 33 heavy (non-hydrogen) atoms. The lowest BCUT2D eigenvalue weighted by molar-refractivity contribution is -0.116. The van der Waals surface area contributed by atoms with E-state index < -0.39 is 0 Å². The fraction of sp³-hybridized carbons (Fsp3) is 0.280. The van der Waals surface area contributed by atoms with Crippen LogP contribution in [0.1, 0.15) is 31.2 Å². The summed E-state index contributed by atoms with van der Waals surface area (Å²) in [6, 6.07) is 17.3. The molecule has 0 aliphatic rings. The molecule has 0 aliphatic carbocycles. The summed E-state index contributed by atoms with van der Waals surface area (Å²) in [4.78, 5) is 12.3. The number of hydrogen-bond acceptors (Lipinski definition) is 6. The Morgan fingerprint density at radius 2 is 1.94 bits per heavy atom. The minimum atomic E-state index is -0.0268. The minimum Gasteiger partial charge on any atom is -0.492 e. The van der Waals surface area contributed by atoms with Gasteiger partial charge in [-0.3, -0.25) is 4.79 Å². The number of amides is 1. The number of carbonyl (C=O) groups excluding carboxylic acids is 1. The lowest BCUT2D eigenvalue weighted by Crippen LogP contribution is -2.12. The third-order valence-electron chi connectivity index (χ3n) is 5.28. The van der Waals surface area contributed by atoms with E-state index in [1.54, 1.807) is 12.5 Å². The van der Waals surface area contributed by atoms with E-state index in [-0.39, 0.29) is 5.91 Å². The van der Waals surface area contributed by atoms with Crippen LogP contribution in [0.3, 0.4) is 0 Å². The quantitative estimate of drug-likeness (QED) is 0.364. The first-order valence-electron chi connectivity index (χ1n) is 11.1. The van der Waals surface area contributed by atoms with Crippen LogP contribution in [-0.2, 0) is 24.2 Å². The highest BCUT2D eigenvalue weighted by atomic mass is 16.5. The van der Waals surface area contributed by atoms with Crippen molar-refractivity contribution in [2.24, 2.45) is 0 Å². The Morgan fingerprint density at radius 1 is 1.12 bits per heavy atom. The molecule has 8 heteroatoms. The Morgan fingerprint density at radius 3 is 2.73 bits per heavy atom. The van der Waals surface area contributed by atoms with E-state index in [0.717, 1.165) is 47.0 Å². The van der Waals surface area contributed by atoms with E-state index in [1.165, 1.54) is 0 Å². The van der Waals surface area contributed by atoms with Gasteiger partial charge >= 0.3 is 0 Å². The number of nitrogens with zero attached hydrogens (tertiary/aromatic N) is 4. The van der Waals surface area contributed by atoms with Gasteiger partial charge in [0.05, 0.1) is 12.7 Å². The van der Waals surface area contributed by atoms with Crippen LogP contribution in [0.4, 0.5) is 5.69 Å². The van der Waals surface area contributed by atoms with Gasteiger partial charge in [0.25, 0.3) is 0 Å². The maximum atomic E-state index is 12.3. The fourth-order valence-corrected chi connectivity index (χ4v) is 3.56. The highest BCUT2D eigenvalue weighted by Crippen LogP contribution is 2.24. The van der Waals surface area contributed by atoms with Gasteiger partial charge in [-0.15, -0.1) is 10.2 Å². The predicted molar refractivity (Wildman–Crippen MR) is 125 cm³/mol. The molecule has 2 aromatic heterocycles. The smallest absolute Gasteiger partial charge is 0.224 e. The van der Waals surface area contributed by atoms with Crippen LogP contribution < -0.4 is 10.1 Å². The molecule has 1 N–H and O–H groups in total. The number of carbonyl (C=O) groups is 1. The van der Waals surface area contributed by atoms with E-state index in [4.69, 9.17) is 9.26 Å². The van der Waals surface area contributed by atoms with Crippen molar-refractivity contribution in [1.82, 2.24) is 19.9 Å². The van der Waals surface area contributed by atoms with Gasteiger partial charge in [-0.1, -0.05) is 42.4 Å². The third kappa shape index (κ3) is 6.06. The standard InChI is InChI=1S/C25H27N5O3/c1-2-23-29-26-18-30(23)15-16-32-22-13-11-21(12-14-22)28-24(31)10-6-9-20-17-27-33-25(20)19-7-4-3-5-8-19/h3-5,7-8,11-14,17-18H,2,6,9-10,15-16H2,1H3,(H,28,31). The molecule has 2 aromatic carbocycles. The molecule has 0 atom stereocenters. The molecular formula is C25H27N5O3. The van der Waals surface area contributed by atoms with Gasteiger partial charge in [-0.05, 0) is 37.1 Å². The van der Waals surface area contributed by atoms with Gasteiger partial charge in [0, 0.05) is 29.7 Å². The average Bonchev–Trinajstić information content (AvgIpc) is 3.50. The monoisotopic (exact) mass is 445 g/mol. The van der Waals surface area contributed by atoms with Crippen LogP contribution in [-0.4, -0.2) is 32.4 Å². The minimum absolute atomic E-state index is 0.0268. The van der Waals surface area contributed by atoms with E-state index >= 15 is 0 Å². The van der Waals surface area contributed by atoms with Crippen molar-refractivity contribution in [3.05, 3.63) is 78.5 Å². The molecule has 0 saturated carbocycles. The second-order valence-electron chi connectivity index (χ2n) is 7.61. The number of hydrogen-bond donors (Lipinski definition) is 1. The fourth-order valence-electron chi connectivity index (χ4n) is 3.56. The first-order valence-corrected chi connectivity index (χ1v) is 11.1. The molecule has 4 rings (SSSR count). The van der Waals surface area contributed by atoms with Crippen molar-refractivity contribution in [2.45, 2.75) is 39.2 Å². The Kier molecular flexibility index (Phi) is 7.48. The van der Waals surface area contributed by atoms with Crippen LogP contribution >= 0.6 is 0 Å². The van der Waals surface area contributed by atoms with Crippen LogP contribution in [0, 0.1) is 0 Å². The molecule has 0 unspecified atom stereocenters. The molecule has 0 saturated heterocycles. The largest absolute Gasteiger partial charge is 0.492 e. The molecule has 0 aliphatic heterocycles. The first kappa shape index (κ1) is 22.3. The van der Waals surface area contributed by atoms with Crippen molar-refractivity contribution in [2.75, 3.05) is 11.9 Å². The molecule has 1 amide bonds. The lowest BCUT2D eigenvalue weighted by atomic mass is 10.0. The number of nitrogens with one attached hydrogen (secondary N) is 1. The lowest BCUT2D eigenvalue weighted by Gasteiger charge is -2.09. The second-order valence-corrected chi connectivity index (χ2v) is 7.61. The maximum Gasteiger partial charge on any atom is 0.224 e. The Labute approximate surface area is 192 Å². The SMILES string of the molecule is CCc1nncn1CCOc1ccc(NC(=O)CCCc2cnoc2-c2ccccc2)cc1. The van der Waals surface area contributed by atoms with E-state index in [1.807, 2.05) is 66.1 Å². The normalized spacial score (nSPS) is 10.8. The number of anilines is 1. The van der Waals surface area contributed by atoms with Gasteiger partial charge in [-0.25, -0.2) is 0 Å². The molecule has 0 fully saturated rings. The topological polar surface area (TPSA) is 95.1 Å². The molecule has 170 valence electrons. The van der Waals surface area contributed by atoms with Gasteiger partial charge in [0.1, 0.15) is 24.5 Å². The molecule has 2 heterocycles. The van der Waals surface area contributed by atoms with Crippen LogP contribution in [0.2, 0.25) is 0 Å². The summed E-state index contributed by atoms with van der Waals surface area (Å²) in [7, 11) is 0. The zero-order chi connectivity index (χ0) is 22.9. The van der Waals surface area contributed by atoms with Gasteiger partial charge < -0.3 is 19.1 Å². The summed E-state index contributed by atoms with van der Waals surface area (Å²) in [5.41, 5.74) is 2.74. The molecule has 0 bridgehead atoms. The summed E-state index contributed by atoms with van der Waals surface area (Å²) in [5, 5.41) is 14.8. The second kappa shape index (κ2) is 11.1. The predicted octanol–water partition coefficient (Wildman–Crippen LogP) is 4.54. The van der Waals surface area contributed by atoms with Crippen molar-refractivity contribution in [3.8, 4) is 17.1 Å². The summed E-state index contributed by atoms with van der Waals surface area (Å²) in [5.74, 6) is 2.43. The number of benzene rings is 2. The molecule has 8 nitrogen and oxygen atoms in total. The van der Waals surface area contributed by atoms with Crippen molar-refractivity contribution >= 4 is 11.6 Å². The Balaban J connectivity index is 1.20. The van der Waals surface area contributed by atoms with E-state index in [9.17, 15) is 4.79 Å². The van der Waals surface area contributed by atoms with Crippen LogP contribution in [0.5, 0.6) is 5.75 Å².